The summed E-state index contributed by atoms with van der Waals surface area (Å²) in [5.41, 5.74) is 2.46. The number of benzene rings is 2. The lowest BCUT2D eigenvalue weighted by Crippen LogP contribution is -2.15. The number of carbonyl (C=O) groups is 1. The van der Waals surface area contributed by atoms with Crippen LogP contribution in [0.1, 0.15) is 21.7 Å². The van der Waals surface area contributed by atoms with Crippen molar-refractivity contribution < 1.29 is 13.9 Å². The van der Waals surface area contributed by atoms with E-state index in [4.69, 9.17) is 20.8 Å². The zero-order valence-electron chi connectivity index (χ0n) is 14.0. The molecule has 1 amide bonds. The first-order valence-corrected chi connectivity index (χ1v) is 7.97. The molecule has 2 aromatic carbocycles. The maximum absolute atomic E-state index is 12.5. The Kier molecular flexibility index (Phi) is 4.51. The van der Waals surface area contributed by atoms with Crippen LogP contribution >= 0.6 is 11.6 Å². The molecule has 0 aliphatic carbocycles. The number of ether oxygens (including phenoxy) is 1. The van der Waals surface area contributed by atoms with Crippen molar-refractivity contribution in [1.29, 1.82) is 0 Å². The summed E-state index contributed by atoms with van der Waals surface area (Å²) in [6, 6.07) is 9.55. The summed E-state index contributed by atoms with van der Waals surface area (Å²) >= 11 is 5.96. The number of halogens is 1. The maximum atomic E-state index is 12.5. The van der Waals surface area contributed by atoms with Crippen LogP contribution in [0.3, 0.4) is 0 Å². The molecule has 0 fully saturated rings. The number of rotatable bonds is 3. The highest BCUT2D eigenvalue weighted by Gasteiger charge is 2.15. The Balaban J connectivity index is 2.02. The lowest BCUT2D eigenvalue weighted by atomic mass is 10.1. The van der Waals surface area contributed by atoms with Crippen molar-refractivity contribution in [2.75, 3.05) is 12.4 Å². The fourth-order valence-corrected chi connectivity index (χ4v) is 2.66. The van der Waals surface area contributed by atoms with Gasteiger partial charge >= 0.3 is 0 Å². The Morgan fingerprint density at radius 1 is 1.12 bits per heavy atom. The van der Waals surface area contributed by atoms with E-state index in [0.29, 0.717) is 27.4 Å². The summed E-state index contributed by atoms with van der Waals surface area (Å²) in [4.78, 5) is 24.8. The van der Waals surface area contributed by atoms with Crippen molar-refractivity contribution >= 4 is 34.2 Å². The van der Waals surface area contributed by atoms with Crippen LogP contribution in [0.2, 0.25) is 5.02 Å². The average molecular weight is 358 g/mol. The highest BCUT2D eigenvalue weighted by Crippen LogP contribution is 2.28. The van der Waals surface area contributed by atoms with E-state index in [2.05, 4.69) is 5.32 Å². The van der Waals surface area contributed by atoms with E-state index in [1.165, 1.54) is 13.2 Å². The molecule has 5 nitrogen and oxygen atoms in total. The fourth-order valence-electron chi connectivity index (χ4n) is 2.49. The van der Waals surface area contributed by atoms with Crippen molar-refractivity contribution in [1.82, 2.24) is 0 Å². The minimum atomic E-state index is -0.558. The molecule has 0 saturated carbocycles. The third kappa shape index (κ3) is 3.37. The van der Waals surface area contributed by atoms with E-state index in [0.717, 1.165) is 11.1 Å². The van der Waals surface area contributed by atoms with Crippen LogP contribution in [0.5, 0.6) is 5.75 Å². The van der Waals surface area contributed by atoms with Crippen LogP contribution in [0, 0.1) is 13.8 Å². The van der Waals surface area contributed by atoms with Gasteiger partial charge in [-0.15, -0.1) is 0 Å². The Bertz CT molecular complexity index is 1040. The molecule has 25 heavy (non-hydrogen) atoms. The molecule has 0 spiro atoms. The van der Waals surface area contributed by atoms with Crippen molar-refractivity contribution in [3.8, 4) is 5.75 Å². The SMILES string of the molecule is COc1ccc(Cl)cc1NC(=O)c1cc(=O)c2cc(C)c(C)cc2o1. The second kappa shape index (κ2) is 6.61. The number of nitrogens with one attached hydrogen (secondary N) is 1. The summed E-state index contributed by atoms with van der Waals surface area (Å²) in [5.74, 6) is -0.187. The Labute approximate surface area is 149 Å². The molecule has 0 bridgehead atoms. The molecule has 1 heterocycles. The molecule has 0 unspecified atom stereocenters. The quantitative estimate of drug-likeness (QED) is 0.757. The van der Waals surface area contributed by atoms with Gasteiger partial charge in [0, 0.05) is 11.1 Å². The molecule has 128 valence electrons. The monoisotopic (exact) mass is 357 g/mol. The molecular formula is C19H16ClNO4. The summed E-state index contributed by atoms with van der Waals surface area (Å²) in [6.07, 6.45) is 0. The minimum absolute atomic E-state index is 0.0808. The lowest BCUT2D eigenvalue weighted by Gasteiger charge is -2.10. The number of methoxy groups -OCH3 is 1. The molecule has 3 aromatic rings. The van der Waals surface area contributed by atoms with Crippen molar-refractivity contribution in [2.45, 2.75) is 13.8 Å². The van der Waals surface area contributed by atoms with Gasteiger partial charge in [0.05, 0.1) is 18.2 Å². The summed E-state index contributed by atoms with van der Waals surface area (Å²) in [5, 5.41) is 3.55. The van der Waals surface area contributed by atoms with Crippen molar-refractivity contribution in [3.63, 3.8) is 0 Å². The van der Waals surface area contributed by atoms with E-state index in [1.54, 1.807) is 30.3 Å². The first-order valence-electron chi connectivity index (χ1n) is 7.59. The predicted octanol–water partition coefficient (Wildman–Crippen LogP) is 4.32. The van der Waals surface area contributed by atoms with Gasteiger partial charge in [0.25, 0.3) is 5.91 Å². The number of amides is 1. The van der Waals surface area contributed by atoms with E-state index in [9.17, 15) is 9.59 Å². The van der Waals surface area contributed by atoms with Gasteiger partial charge in [0.1, 0.15) is 11.3 Å². The molecule has 1 aromatic heterocycles. The van der Waals surface area contributed by atoms with Gasteiger partial charge in [0.2, 0.25) is 0 Å². The molecule has 1 N–H and O–H groups in total. The zero-order chi connectivity index (χ0) is 18.1. The smallest absolute Gasteiger partial charge is 0.291 e. The van der Waals surface area contributed by atoms with Crippen molar-refractivity contribution in [3.05, 3.63) is 68.5 Å². The van der Waals surface area contributed by atoms with Crippen LogP contribution in [-0.4, -0.2) is 13.0 Å². The van der Waals surface area contributed by atoms with E-state index in [1.807, 2.05) is 13.8 Å². The van der Waals surface area contributed by atoms with Crippen LogP contribution in [0.25, 0.3) is 11.0 Å². The Hall–Kier alpha value is -2.79. The maximum Gasteiger partial charge on any atom is 0.291 e. The zero-order valence-corrected chi connectivity index (χ0v) is 14.7. The lowest BCUT2D eigenvalue weighted by molar-refractivity contribution is 0.0997. The van der Waals surface area contributed by atoms with Gasteiger partial charge in [0.15, 0.2) is 11.2 Å². The summed E-state index contributed by atoms with van der Waals surface area (Å²) in [6.45, 7) is 3.83. The second-order valence-corrected chi connectivity index (χ2v) is 6.14. The largest absolute Gasteiger partial charge is 0.495 e. The molecule has 0 saturated heterocycles. The molecule has 0 aliphatic heterocycles. The van der Waals surface area contributed by atoms with E-state index >= 15 is 0 Å². The molecule has 0 atom stereocenters. The first-order chi connectivity index (χ1) is 11.9. The number of hydrogen-bond acceptors (Lipinski definition) is 4. The van der Waals surface area contributed by atoms with Gasteiger partial charge in [-0.3, -0.25) is 9.59 Å². The van der Waals surface area contributed by atoms with Gasteiger partial charge in [-0.1, -0.05) is 11.6 Å². The number of anilines is 1. The van der Waals surface area contributed by atoms with Gasteiger partial charge < -0.3 is 14.5 Å². The molecular weight excluding hydrogens is 342 g/mol. The number of aryl methyl sites for hydroxylation is 2. The predicted molar refractivity (Wildman–Crippen MR) is 97.9 cm³/mol. The standard InChI is InChI=1S/C19H16ClNO4/c1-10-6-13-15(22)9-18(25-17(13)7-11(10)2)19(23)21-14-8-12(20)4-5-16(14)24-3/h4-9H,1-3H3,(H,21,23). The highest BCUT2D eigenvalue weighted by molar-refractivity contribution is 6.31. The minimum Gasteiger partial charge on any atom is -0.495 e. The molecule has 3 rings (SSSR count). The molecule has 0 aliphatic rings. The summed E-state index contributed by atoms with van der Waals surface area (Å²) < 4.78 is 10.8. The van der Waals surface area contributed by atoms with Crippen LogP contribution in [0.4, 0.5) is 5.69 Å². The average Bonchev–Trinajstić information content (AvgIpc) is 2.56. The van der Waals surface area contributed by atoms with Gasteiger partial charge in [-0.2, -0.15) is 0 Å². The van der Waals surface area contributed by atoms with Gasteiger partial charge in [-0.25, -0.2) is 0 Å². The number of carbonyl (C=O) groups excluding carboxylic acids is 1. The fraction of sp³-hybridized carbons (Fsp3) is 0.158. The third-order valence-corrected chi connectivity index (χ3v) is 4.21. The number of hydrogen-bond donors (Lipinski definition) is 1. The third-order valence-electron chi connectivity index (χ3n) is 3.98. The molecule has 0 radical (unpaired) electrons. The highest BCUT2D eigenvalue weighted by atomic mass is 35.5. The van der Waals surface area contributed by atoms with E-state index < -0.39 is 5.91 Å². The van der Waals surface area contributed by atoms with E-state index in [-0.39, 0.29) is 11.2 Å². The Morgan fingerprint density at radius 3 is 2.56 bits per heavy atom. The Morgan fingerprint density at radius 2 is 1.84 bits per heavy atom. The topological polar surface area (TPSA) is 68.5 Å². The van der Waals surface area contributed by atoms with Crippen molar-refractivity contribution in [2.24, 2.45) is 0 Å². The number of fused-ring (bicyclic) bond motifs is 1. The summed E-state index contributed by atoms with van der Waals surface area (Å²) in [7, 11) is 1.49. The normalized spacial score (nSPS) is 10.7. The second-order valence-electron chi connectivity index (χ2n) is 5.71. The molecule has 6 heteroatoms. The first kappa shape index (κ1) is 17.0. The van der Waals surface area contributed by atoms with Crippen LogP contribution in [-0.2, 0) is 0 Å². The van der Waals surface area contributed by atoms with Crippen LogP contribution in [0.15, 0.2) is 45.6 Å². The van der Waals surface area contributed by atoms with Crippen LogP contribution < -0.4 is 15.5 Å². The van der Waals surface area contributed by atoms with Gasteiger partial charge in [-0.05, 0) is 55.3 Å².